The lowest BCUT2D eigenvalue weighted by atomic mass is 9.88. The number of ketones is 1. The van der Waals surface area contributed by atoms with Crippen molar-refractivity contribution in [2.45, 2.75) is 38.1 Å². The second kappa shape index (κ2) is 7.60. The molecule has 1 saturated carbocycles. The van der Waals surface area contributed by atoms with Gasteiger partial charge in [-0.05, 0) is 49.6 Å². The highest BCUT2D eigenvalue weighted by molar-refractivity contribution is 5.96. The maximum atomic E-state index is 12.6. The number of amides is 2. The van der Waals surface area contributed by atoms with E-state index in [-0.39, 0.29) is 17.4 Å². The van der Waals surface area contributed by atoms with Gasteiger partial charge in [0.05, 0.1) is 12.6 Å². The second-order valence-corrected chi connectivity index (χ2v) is 6.73. The molecule has 2 amide bonds. The molecule has 1 fully saturated rings. The van der Waals surface area contributed by atoms with Crippen molar-refractivity contribution >= 4 is 17.5 Å². The first-order chi connectivity index (χ1) is 12.5. The van der Waals surface area contributed by atoms with Crippen LogP contribution >= 0.6 is 0 Å². The van der Waals surface area contributed by atoms with Crippen LogP contribution < -0.4 is 15.4 Å². The van der Waals surface area contributed by atoms with Crippen molar-refractivity contribution in [1.29, 1.82) is 0 Å². The Morgan fingerprint density at radius 2 is 1.73 bits per heavy atom. The lowest BCUT2D eigenvalue weighted by Gasteiger charge is -2.31. The van der Waals surface area contributed by atoms with Gasteiger partial charge in [0.25, 0.3) is 0 Å². The molecule has 0 unspecified atom stereocenters. The Morgan fingerprint density at radius 3 is 2.35 bits per heavy atom. The molecule has 5 nitrogen and oxygen atoms in total. The first kappa shape index (κ1) is 18.0. The van der Waals surface area contributed by atoms with Crippen molar-refractivity contribution in [3.8, 4) is 5.75 Å². The van der Waals surface area contributed by atoms with Gasteiger partial charge < -0.3 is 15.4 Å². The van der Waals surface area contributed by atoms with Crippen molar-refractivity contribution in [2.24, 2.45) is 0 Å². The Hall–Kier alpha value is -2.82. The first-order valence-corrected chi connectivity index (χ1v) is 8.87. The number of hydrogen-bond donors (Lipinski definition) is 2. The molecule has 0 spiro atoms. The largest absolute Gasteiger partial charge is 0.497 e. The van der Waals surface area contributed by atoms with Gasteiger partial charge >= 0.3 is 6.03 Å². The zero-order valence-corrected chi connectivity index (χ0v) is 15.2. The van der Waals surface area contributed by atoms with Gasteiger partial charge in [0.2, 0.25) is 0 Å². The summed E-state index contributed by atoms with van der Waals surface area (Å²) in [5.74, 6) is 0.770. The van der Waals surface area contributed by atoms with E-state index >= 15 is 0 Å². The highest BCUT2D eigenvalue weighted by atomic mass is 16.5. The van der Waals surface area contributed by atoms with Crippen LogP contribution in [0.4, 0.5) is 10.5 Å². The Labute approximate surface area is 153 Å². The van der Waals surface area contributed by atoms with Crippen LogP contribution in [-0.4, -0.2) is 18.9 Å². The molecule has 0 heterocycles. The number of anilines is 1. The summed E-state index contributed by atoms with van der Waals surface area (Å²) in [6, 6.07) is 14.6. The van der Waals surface area contributed by atoms with Crippen molar-refractivity contribution < 1.29 is 14.3 Å². The lowest BCUT2D eigenvalue weighted by Crippen LogP contribution is -2.45. The minimum Gasteiger partial charge on any atom is -0.497 e. The van der Waals surface area contributed by atoms with Crippen molar-refractivity contribution in [1.82, 2.24) is 5.32 Å². The zero-order valence-electron chi connectivity index (χ0n) is 15.2. The minimum absolute atomic E-state index is 0.0282. The predicted molar refractivity (Wildman–Crippen MR) is 102 cm³/mol. The molecular weight excluding hydrogens is 328 g/mol. The van der Waals surface area contributed by atoms with Gasteiger partial charge in [-0.2, -0.15) is 0 Å². The van der Waals surface area contributed by atoms with Crippen LogP contribution in [0.2, 0.25) is 0 Å². The average molecular weight is 352 g/mol. The van der Waals surface area contributed by atoms with Gasteiger partial charge in [0.15, 0.2) is 5.78 Å². The van der Waals surface area contributed by atoms with Gasteiger partial charge in [-0.25, -0.2) is 4.79 Å². The molecule has 1 aliphatic rings. The predicted octanol–water partition coefficient (Wildman–Crippen LogP) is 4.49. The third-order valence-electron chi connectivity index (χ3n) is 4.98. The van der Waals surface area contributed by atoms with Crippen LogP contribution in [0.1, 0.15) is 48.5 Å². The molecule has 1 aliphatic carbocycles. The molecule has 3 rings (SSSR count). The highest BCUT2D eigenvalue weighted by Crippen LogP contribution is 2.39. The number of ether oxygens (including phenoxy) is 1. The second-order valence-electron chi connectivity index (χ2n) is 6.73. The van der Waals surface area contributed by atoms with Gasteiger partial charge in [-0.1, -0.05) is 37.1 Å². The van der Waals surface area contributed by atoms with Gasteiger partial charge in [-0.3, -0.25) is 4.79 Å². The van der Waals surface area contributed by atoms with E-state index in [0.29, 0.717) is 11.3 Å². The van der Waals surface area contributed by atoms with Crippen LogP contribution in [0.25, 0.3) is 0 Å². The van der Waals surface area contributed by atoms with Gasteiger partial charge in [0, 0.05) is 11.3 Å². The van der Waals surface area contributed by atoms with Crippen LogP contribution in [0, 0.1) is 0 Å². The molecule has 0 bridgehead atoms. The molecule has 0 radical (unpaired) electrons. The van der Waals surface area contributed by atoms with Crippen molar-refractivity contribution in [3.63, 3.8) is 0 Å². The van der Waals surface area contributed by atoms with E-state index in [1.54, 1.807) is 31.4 Å². The third kappa shape index (κ3) is 3.87. The van der Waals surface area contributed by atoms with E-state index in [1.165, 1.54) is 6.92 Å². The number of carbonyl (C=O) groups excluding carboxylic acids is 2. The number of hydrogen-bond acceptors (Lipinski definition) is 3. The molecule has 136 valence electrons. The number of Topliss-reactive ketones (excluding diaryl/α,β-unsaturated/α-hetero) is 1. The summed E-state index contributed by atoms with van der Waals surface area (Å²) in [4.78, 5) is 24.1. The molecule has 5 heteroatoms. The summed E-state index contributed by atoms with van der Waals surface area (Å²) in [5.41, 5.74) is 1.91. The normalized spacial score (nSPS) is 15.3. The minimum atomic E-state index is -0.367. The van der Waals surface area contributed by atoms with Gasteiger partial charge in [0.1, 0.15) is 5.75 Å². The van der Waals surface area contributed by atoms with Crippen LogP contribution in [-0.2, 0) is 5.54 Å². The van der Waals surface area contributed by atoms with Crippen LogP contribution in [0.15, 0.2) is 48.5 Å². The molecule has 0 aromatic heterocycles. The maximum Gasteiger partial charge on any atom is 0.319 e. The Bertz CT molecular complexity index is 793. The van der Waals surface area contributed by atoms with Crippen LogP contribution in [0.5, 0.6) is 5.75 Å². The third-order valence-corrected chi connectivity index (χ3v) is 4.98. The molecule has 2 aromatic rings. The van der Waals surface area contributed by atoms with Crippen molar-refractivity contribution in [2.75, 3.05) is 12.4 Å². The average Bonchev–Trinajstić information content (AvgIpc) is 3.11. The fourth-order valence-corrected chi connectivity index (χ4v) is 3.57. The molecule has 0 atom stereocenters. The molecule has 2 aromatic carbocycles. The summed E-state index contributed by atoms with van der Waals surface area (Å²) in [6.07, 6.45) is 3.96. The van der Waals surface area contributed by atoms with Gasteiger partial charge in [-0.15, -0.1) is 0 Å². The quantitative estimate of drug-likeness (QED) is 0.779. The van der Waals surface area contributed by atoms with E-state index < -0.39 is 0 Å². The number of rotatable bonds is 5. The van der Waals surface area contributed by atoms with E-state index in [0.717, 1.165) is 37.0 Å². The summed E-state index contributed by atoms with van der Waals surface area (Å²) < 4.78 is 5.23. The fourth-order valence-electron chi connectivity index (χ4n) is 3.57. The van der Waals surface area contributed by atoms with E-state index in [9.17, 15) is 9.59 Å². The Morgan fingerprint density at radius 1 is 1.04 bits per heavy atom. The Balaban J connectivity index is 1.76. The highest BCUT2D eigenvalue weighted by Gasteiger charge is 2.37. The van der Waals surface area contributed by atoms with E-state index in [2.05, 4.69) is 10.6 Å². The molecule has 26 heavy (non-hydrogen) atoms. The topological polar surface area (TPSA) is 67.4 Å². The standard InChI is InChI=1S/C21H24N2O3/c1-15(24)16-6-5-7-18(14-16)22-20(25)23-21(12-3-4-13-21)17-8-10-19(26-2)11-9-17/h5-11,14H,3-4,12-13H2,1-2H3,(H2,22,23,25). The summed E-state index contributed by atoms with van der Waals surface area (Å²) in [6.45, 7) is 1.51. The molecule has 2 N–H and O–H groups in total. The number of nitrogens with one attached hydrogen (secondary N) is 2. The number of carbonyl (C=O) groups is 2. The molecule has 0 aliphatic heterocycles. The summed E-state index contributed by atoms with van der Waals surface area (Å²) >= 11 is 0. The molecular formula is C21H24N2O3. The van der Waals surface area contributed by atoms with Crippen molar-refractivity contribution in [3.05, 3.63) is 59.7 Å². The number of methoxy groups -OCH3 is 1. The summed E-state index contributed by atoms with van der Waals surface area (Å²) in [5, 5.41) is 6.02. The fraction of sp³-hybridized carbons (Fsp3) is 0.333. The monoisotopic (exact) mass is 352 g/mol. The molecule has 0 saturated heterocycles. The summed E-state index contributed by atoms with van der Waals surface area (Å²) in [7, 11) is 1.64. The van der Waals surface area contributed by atoms with Crippen LogP contribution in [0.3, 0.4) is 0 Å². The smallest absolute Gasteiger partial charge is 0.319 e. The Kier molecular flexibility index (Phi) is 5.26. The number of benzene rings is 2. The first-order valence-electron chi connectivity index (χ1n) is 8.87. The number of urea groups is 1. The lowest BCUT2D eigenvalue weighted by molar-refractivity contribution is 0.101. The zero-order chi connectivity index (χ0) is 18.6. The van der Waals surface area contributed by atoms with E-state index in [4.69, 9.17) is 4.74 Å². The SMILES string of the molecule is COc1ccc(C2(NC(=O)Nc3cccc(C(C)=O)c3)CCCC2)cc1. The maximum absolute atomic E-state index is 12.6. The van der Waals surface area contributed by atoms with E-state index in [1.807, 2.05) is 24.3 Å².